The maximum Gasteiger partial charge on any atom is 0.241 e. The van der Waals surface area contributed by atoms with Crippen LogP contribution in [0.4, 0.5) is 11.4 Å². The Morgan fingerprint density at radius 3 is 2.56 bits per heavy atom. The first-order chi connectivity index (χ1) is 13.0. The van der Waals surface area contributed by atoms with Gasteiger partial charge in [-0.25, -0.2) is 0 Å². The number of hydrogen-bond acceptors (Lipinski definition) is 3. The number of rotatable bonds is 5. The van der Waals surface area contributed by atoms with Crippen LogP contribution in [0.2, 0.25) is 0 Å². The largest absolute Gasteiger partial charge is 0.326 e. The molecule has 2 amide bonds. The summed E-state index contributed by atoms with van der Waals surface area (Å²) in [4.78, 5) is 27.3. The maximum atomic E-state index is 12.6. The Bertz CT molecular complexity index is 797. The van der Waals surface area contributed by atoms with Crippen LogP contribution < -0.4 is 10.6 Å². The van der Waals surface area contributed by atoms with Gasteiger partial charge < -0.3 is 10.6 Å². The molecular weight excluding hydrogens is 406 g/mol. The van der Waals surface area contributed by atoms with Gasteiger partial charge in [0.05, 0.1) is 12.0 Å². The van der Waals surface area contributed by atoms with Gasteiger partial charge in [0.2, 0.25) is 11.8 Å². The lowest BCUT2D eigenvalue weighted by Gasteiger charge is -2.35. The number of carbonyl (C=O) groups excluding carboxylic acids is 2. The zero-order valence-corrected chi connectivity index (χ0v) is 16.9. The molecule has 0 unspecified atom stereocenters. The maximum absolute atomic E-state index is 12.6. The lowest BCUT2D eigenvalue weighted by molar-refractivity contribution is -0.125. The van der Waals surface area contributed by atoms with Crippen LogP contribution >= 0.6 is 15.9 Å². The highest BCUT2D eigenvalue weighted by Gasteiger charge is 2.30. The van der Waals surface area contributed by atoms with E-state index in [2.05, 4.69) is 31.5 Å². The third-order valence-corrected chi connectivity index (χ3v) is 5.38. The summed E-state index contributed by atoms with van der Waals surface area (Å²) in [5, 5.41) is 5.93. The fourth-order valence-electron chi connectivity index (χ4n) is 3.32. The lowest BCUT2D eigenvalue weighted by Crippen LogP contribution is -2.49. The Morgan fingerprint density at radius 1 is 1.07 bits per heavy atom. The number of halogens is 1. The number of para-hydroxylation sites is 1. The Labute approximate surface area is 168 Å². The number of anilines is 2. The van der Waals surface area contributed by atoms with E-state index in [9.17, 15) is 9.59 Å². The van der Waals surface area contributed by atoms with Gasteiger partial charge in [0.1, 0.15) is 0 Å². The highest BCUT2D eigenvalue weighted by molar-refractivity contribution is 9.10. The van der Waals surface area contributed by atoms with Crippen molar-refractivity contribution in [2.45, 2.75) is 25.8 Å². The highest BCUT2D eigenvalue weighted by atomic mass is 79.9. The van der Waals surface area contributed by atoms with Crippen LogP contribution in [0, 0.1) is 5.92 Å². The van der Waals surface area contributed by atoms with E-state index in [-0.39, 0.29) is 23.8 Å². The monoisotopic (exact) mass is 429 g/mol. The summed E-state index contributed by atoms with van der Waals surface area (Å²) in [5.41, 5.74) is 1.57. The number of likely N-dealkylation sites (tertiary alicyclic amines) is 1. The molecule has 0 radical (unpaired) electrons. The minimum Gasteiger partial charge on any atom is -0.326 e. The first kappa shape index (κ1) is 19.6. The molecule has 3 rings (SSSR count). The van der Waals surface area contributed by atoms with Crippen LogP contribution in [0.3, 0.4) is 0 Å². The number of carbonyl (C=O) groups is 2. The molecule has 0 saturated carbocycles. The second-order valence-corrected chi connectivity index (χ2v) is 7.78. The molecule has 0 aromatic heterocycles. The van der Waals surface area contributed by atoms with E-state index in [1.807, 2.05) is 61.5 Å². The van der Waals surface area contributed by atoms with Crippen LogP contribution in [0.15, 0.2) is 59.1 Å². The standard InChI is InChI=1S/C21H24BrN3O2/c1-15(20(26)24-19-11-5-8-17(22)13-19)25-12-6-7-16(14-25)21(27)23-18-9-3-2-4-10-18/h2-5,8-11,13,15-16H,6-7,12,14H2,1H3,(H,23,27)(H,24,26)/t15-,16-/m1/s1. The topological polar surface area (TPSA) is 61.4 Å². The van der Waals surface area contributed by atoms with Gasteiger partial charge in [0.25, 0.3) is 0 Å². The molecule has 27 heavy (non-hydrogen) atoms. The van der Waals surface area contributed by atoms with Crippen molar-refractivity contribution in [3.63, 3.8) is 0 Å². The van der Waals surface area contributed by atoms with Crippen molar-refractivity contribution in [3.05, 3.63) is 59.1 Å². The van der Waals surface area contributed by atoms with Gasteiger partial charge in [-0.3, -0.25) is 14.5 Å². The third kappa shape index (κ3) is 5.40. The zero-order chi connectivity index (χ0) is 19.2. The quantitative estimate of drug-likeness (QED) is 0.750. The van der Waals surface area contributed by atoms with E-state index in [0.717, 1.165) is 35.2 Å². The number of nitrogens with one attached hydrogen (secondary N) is 2. The smallest absolute Gasteiger partial charge is 0.241 e. The van der Waals surface area contributed by atoms with Crippen molar-refractivity contribution in [2.75, 3.05) is 23.7 Å². The molecule has 0 aliphatic carbocycles. The van der Waals surface area contributed by atoms with Crippen LogP contribution in [-0.2, 0) is 9.59 Å². The first-order valence-corrected chi connectivity index (χ1v) is 9.98. The third-order valence-electron chi connectivity index (χ3n) is 4.88. The predicted octanol–water partition coefficient (Wildman–Crippen LogP) is 4.13. The van der Waals surface area contributed by atoms with E-state index in [1.54, 1.807) is 0 Å². The molecule has 5 nitrogen and oxygen atoms in total. The summed E-state index contributed by atoms with van der Waals surface area (Å²) in [6, 6.07) is 16.7. The molecule has 2 aromatic rings. The summed E-state index contributed by atoms with van der Waals surface area (Å²) < 4.78 is 0.920. The second kappa shape index (κ2) is 9.15. The van der Waals surface area contributed by atoms with E-state index < -0.39 is 0 Å². The molecule has 142 valence electrons. The first-order valence-electron chi connectivity index (χ1n) is 9.19. The zero-order valence-electron chi connectivity index (χ0n) is 15.3. The second-order valence-electron chi connectivity index (χ2n) is 6.86. The molecule has 1 aliphatic heterocycles. The molecule has 1 saturated heterocycles. The molecule has 0 spiro atoms. The van der Waals surface area contributed by atoms with Crippen molar-refractivity contribution >= 4 is 39.1 Å². The molecule has 1 fully saturated rings. The number of amides is 2. The van der Waals surface area contributed by atoms with Crippen molar-refractivity contribution in [1.29, 1.82) is 0 Å². The normalized spacial score (nSPS) is 18.5. The van der Waals surface area contributed by atoms with Gasteiger partial charge in [-0.05, 0) is 56.6 Å². The number of piperidine rings is 1. The number of benzene rings is 2. The van der Waals surface area contributed by atoms with Gasteiger partial charge in [0, 0.05) is 22.4 Å². The van der Waals surface area contributed by atoms with Gasteiger partial charge in [-0.15, -0.1) is 0 Å². The minimum absolute atomic E-state index is 0.0190. The number of nitrogens with zero attached hydrogens (tertiary/aromatic N) is 1. The summed E-state index contributed by atoms with van der Waals surface area (Å²) in [6.45, 7) is 3.30. The Hall–Kier alpha value is -2.18. The van der Waals surface area contributed by atoms with E-state index in [4.69, 9.17) is 0 Å². The number of hydrogen-bond donors (Lipinski definition) is 2. The Kier molecular flexibility index (Phi) is 6.63. The van der Waals surface area contributed by atoms with Crippen molar-refractivity contribution in [3.8, 4) is 0 Å². The summed E-state index contributed by atoms with van der Waals surface area (Å²) in [5.74, 6) is -0.150. The molecule has 1 aliphatic rings. The fourth-order valence-corrected chi connectivity index (χ4v) is 3.72. The summed E-state index contributed by atoms with van der Waals surface area (Å²) in [6.07, 6.45) is 1.75. The van der Waals surface area contributed by atoms with Crippen LogP contribution in [0.5, 0.6) is 0 Å². The average Bonchev–Trinajstić information content (AvgIpc) is 2.68. The van der Waals surface area contributed by atoms with Crippen LogP contribution in [-0.4, -0.2) is 35.8 Å². The van der Waals surface area contributed by atoms with Crippen LogP contribution in [0.1, 0.15) is 19.8 Å². The van der Waals surface area contributed by atoms with E-state index >= 15 is 0 Å². The SMILES string of the molecule is C[C@H](C(=O)Nc1cccc(Br)c1)N1CCC[C@@H](C(=O)Nc2ccccc2)C1. The summed E-state index contributed by atoms with van der Waals surface area (Å²) >= 11 is 3.41. The molecule has 2 atom stereocenters. The van der Waals surface area contributed by atoms with E-state index in [1.165, 1.54) is 0 Å². The average molecular weight is 430 g/mol. The Morgan fingerprint density at radius 2 is 1.81 bits per heavy atom. The van der Waals surface area contributed by atoms with E-state index in [0.29, 0.717) is 6.54 Å². The van der Waals surface area contributed by atoms with Gasteiger partial charge in [-0.2, -0.15) is 0 Å². The molecule has 6 heteroatoms. The van der Waals surface area contributed by atoms with Crippen molar-refractivity contribution in [2.24, 2.45) is 5.92 Å². The minimum atomic E-state index is -0.295. The molecule has 1 heterocycles. The van der Waals surface area contributed by atoms with Crippen molar-refractivity contribution < 1.29 is 9.59 Å². The molecule has 2 aromatic carbocycles. The molecular formula is C21H24BrN3O2. The van der Waals surface area contributed by atoms with Crippen LogP contribution in [0.25, 0.3) is 0 Å². The van der Waals surface area contributed by atoms with Gasteiger partial charge in [0.15, 0.2) is 0 Å². The predicted molar refractivity (Wildman–Crippen MR) is 112 cm³/mol. The molecule has 0 bridgehead atoms. The van der Waals surface area contributed by atoms with Gasteiger partial charge >= 0.3 is 0 Å². The Balaban J connectivity index is 1.57. The molecule has 2 N–H and O–H groups in total. The lowest BCUT2D eigenvalue weighted by atomic mass is 9.95. The fraction of sp³-hybridized carbons (Fsp3) is 0.333. The highest BCUT2D eigenvalue weighted by Crippen LogP contribution is 2.22. The summed E-state index contributed by atoms with van der Waals surface area (Å²) in [7, 11) is 0. The van der Waals surface area contributed by atoms with Gasteiger partial charge in [-0.1, -0.05) is 40.2 Å². The van der Waals surface area contributed by atoms with Crippen molar-refractivity contribution in [1.82, 2.24) is 4.90 Å².